The Morgan fingerprint density at radius 3 is 2.36 bits per heavy atom. The highest BCUT2D eigenvalue weighted by atomic mass is 35.5. The SMILES string of the molecule is CC1(C(=O)Nc2ccc(Oc3ccc(Cl)cc3)c(C(F)(F)F)c2)CC1. The van der Waals surface area contributed by atoms with Crippen molar-refractivity contribution in [1.82, 2.24) is 0 Å². The zero-order chi connectivity index (χ0) is 18.2. The van der Waals surface area contributed by atoms with Crippen LogP contribution >= 0.6 is 11.6 Å². The van der Waals surface area contributed by atoms with Gasteiger partial charge in [0, 0.05) is 16.1 Å². The average Bonchev–Trinajstić information content (AvgIpc) is 3.29. The van der Waals surface area contributed by atoms with Gasteiger partial charge in [0.25, 0.3) is 0 Å². The molecule has 0 bridgehead atoms. The maximum absolute atomic E-state index is 13.4. The van der Waals surface area contributed by atoms with Crippen molar-refractivity contribution in [3.8, 4) is 11.5 Å². The normalized spacial score (nSPS) is 15.6. The van der Waals surface area contributed by atoms with Crippen LogP contribution in [0.15, 0.2) is 42.5 Å². The molecule has 132 valence electrons. The van der Waals surface area contributed by atoms with Gasteiger partial charge in [-0.2, -0.15) is 13.2 Å². The van der Waals surface area contributed by atoms with E-state index in [0.29, 0.717) is 5.02 Å². The van der Waals surface area contributed by atoms with E-state index >= 15 is 0 Å². The smallest absolute Gasteiger partial charge is 0.420 e. The molecule has 25 heavy (non-hydrogen) atoms. The number of ether oxygens (including phenoxy) is 1. The van der Waals surface area contributed by atoms with Gasteiger partial charge in [-0.3, -0.25) is 4.79 Å². The summed E-state index contributed by atoms with van der Waals surface area (Å²) >= 11 is 5.75. The van der Waals surface area contributed by atoms with E-state index in [0.717, 1.165) is 18.9 Å². The molecule has 1 N–H and O–H groups in total. The van der Waals surface area contributed by atoms with Crippen LogP contribution in [0, 0.1) is 5.41 Å². The molecule has 0 heterocycles. The Kier molecular flexibility index (Phi) is 4.41. The first-order chi connectivity index (χ1) is 11.7. The molecular weight excluding hydrogens is 355 g/mol. The first-order valence-corrected chi connectivity index (χ1v) is 8.01. The predicted molar refractivity (Wildman–Crippen MR) is 88.9 cm³/mol. The topological polar surface area (TPSA) is 38.3 Å². The van der Waals surface area contributed by atoms with E-state index in [4.69, 9.17) is 16.3 Å². The number of amides is 1. The third-order valence-corrected chi connectivity index (χ3v) is 4.38. The fraction of sp³-hybridized carbons (Fsp3) is 0.278. The minimum Gasteiger partial charge on any atom is -0.457 e. The standard InChI is InChI=1S/C18H15ClF3NO2/c1-17(8-9-17)16(24)23-12-4-7-15(14(10-12)18(20,21)22)25-13-5-2-11(19)3-6-13/h2-7,10H,8-9H2,1H3,(H,23,24). The Morgan fingerprint density at radius 2 is 1.80 bits per heavy atom. The highest BCUT2D eigenvalue weighted by Crippen LogP contribution is 2.46. The maximum atomic E-state index is 13.4. The molecule has 0 unspecified atom stereocenters. The largest absolute Gasteiger partial charge is 0.457 e. The molecule has 2 aromatic carbocycles. The fourth-order valence-corrected chi connectivity index (χ4v) is 2.37. The minimum absolute atomic E-state index is 0.0916. The number of carbonyl (C=O) groups excluding carboxylic acids is 1. The summed E-state index contributed by atoms with van der Waals surface area (Å²) in [4.78, 5) is 12.0. The molecule has 0 spiro atoms. The van der Waals surface area contributed by atoms with Crippen molar-refractivity contribution in [2.75, 3.05) is 5.32 Å². The van der Waals surface area contributed by atoms with E-state index in [9.17, 15) is 18.0 Å². The molecule has 7 heteroatoms. The Balaban J connectivity index is 1.87. The number of nitrogens with one attached hydrogen (secondary N) is 1. The van der Waals surface area contributed by atoms with Crippen LogP contribution in [0.25, 0.3) is 0 Å². The number of rotatable bonds is 4. The van der Waals surface area contributed by atoms with Crippen LogP contribution < -0.4 is 10.1 Å². The van der Waals surface area contributed by atoms with Crippen molar-refractivity contribution in [1.29, 1.82) is 0 Å². The summed E-state index contributed by atoms with van der Waals surface area (Å²) in [7, 11) is 0. The lowest BCUT2D eigenvalue weighted by Crippen LogP contribution is -2.21. The van der Waals surface area contributed by atoms with Gasteiger partial charge in [0.2, 0.25) is 5.91 Å². The highest BCUT2D eigenvalue weighted by Gasteiger charge is 2.45. The van der Waals surface area contributed by atoms with E-state index in [1.54, 1.807) is 6.92 Å². The van der Waals surface area contributed by atoms with Gasteiger partial charge in [-0.15, -0.1) is 0 Å². The number of halogens is 4. The molecule has 0 atom stereocenters. The van der Waals surface area contributed by atoms with Gasteiger partial charge in [0.15, 0.2) is 0 Å². The Morgan fingerprint density at radius 1 is 1.16 bits per heavy atom. The number of hydrogen-bond acceptors (Lipinski definition) is 2. The Hall–Kier alpha value is -2.21. The van der Waals surface area contributed by atoms with Crippen molar-refractivity contribution in [2.24, 2.45) is 5.41 Å². The molecule has 3 nitrogen and oxygen atoms in total. The summed E-state index contributed by atoms with van der Waals surface area (Å²) < 4.78 is 45.4. The second-order valence-electron chi connectivity index (χ2n) is 6.28. The van der Waals surface area contributed by atoms with Crippen LogP contribution in [-0.4, -0.2) is 5.91 Å². The second-order valence-corrected chi connectivity index (χ2v) is 6.72. The molecule has 1 saturated carbocycles. The van der Waals surface area contributed by atoms with Crippen molar-refractivity contribution in [3.05, 3.63) is 53.1 Å². The van der Waals surface area contributed by atoms with Gasteiger partial charge in [0.05, 0.1) is 0 Å². The van der Waals surface area contributed by atoms with E-state index in [1.165, 1.54) is 36.4 Å². The van der Waals surface area contributed by atoms with Crippen molar-refractivity contribution in [3.63, 3.8) is 0 Å². The van der Waals surface area contributed by atoms with Gasteiger partial charge in [-0.25, -0.2) is 0 Å². The molecule has 1 fully saturated rings. The van der Waals surface area contributed by atoms with Crippen LogP contribution in [0.2, 0.25) is 5.02 Å². The van der Waals surface area contributed by atoms with Crippen LogP contribution in [0.4, 0.5) is 18.9 Å². The van der Waals surface area contributed by atoms with Crippen LogP contribution in [-0.2, 0) is 11.0 Å². The zero-order valence-electron chi connectivity index (χ0n) is 13.3. The summed E-state index contributed by atoms with van der Waals surface area (Å²) in [5, 5.41) is 3.00. The van der Waals surface area contributed by atoms with Gasteiger partial charge in [-0.1, -0.05) is 18.5 Å². The van der Waals surface area contributed by atoms with Crippen molar-refractivity contribution in [2.45, 2.75) is 25.9 Å². The fourth-order valence-electron chi connectivity index (χ4n) is 2.24. The van der Waals surface area contributed by atoms with Gasteiger partial charge < -0.3 is 10.1 Å². The van der Waals surface area contributed by atoms with Gasteiger partial charge >= 0.3 is 6.18 Å². The molecule has 0 radical (unpaired) electrons. The molecule has 0 aromatic heterocycles. The predicted octanol–water partition coefficient (Wildman–Crippen LogP) is 5.89. The number of anilines is 1. The van der Waals surface area contributed by atoms with Crippen LogP contribution in [0.1, 0.15) is 25.3 Å². The quantitative estimate of drug-likeness (QED) is 0.729. The van der Waals surface area contributed by atoms with E-state index in [1.807, 2.05) is 0 Å². The minimum atomic E-state index is -4.62. The number of carbonyl (C=O) groups is 1. The van der Waals surface area contributed by atoms with Gasteiger partial charge in [0.1, 0.15) is 17.1 Å². The monoisotopic (exact) mass is 369 g/mol. The first kappa shape index (κ1) is 17.6. The van der Waals surface area contributed by atoms with Crippen LogP contribution in [0.3, 0.4) is 0 Å². The number of benzene rings is 2. The first-order valence-electron chi connectivity index (χ1n) is 7.63. The van der Waals surface area contributed by atoms with Crippen molar-refractivity contribution >= 4 is 23.2 Å². The van der Waals surface area contributed by atoms with E-state index < -0.39 is 17.2 Å². The molecular formula is C18H15ClF3NO2. The lowest BCUT2D eigenvalue weighted by molar-refractivity contribution is -0.138. The van der Waals surface area contributed by atoms with E-state index in [-0.39, 0.29) is 23.1 Å². The molecule has 2 aromatic rings. The third kappa shape index (κ3) is 4.07. The molecule has 0 saturated heterocycles. The summed E-state index contributed by atoms with van der Waals surface area (Å²) in [6, 6.07) is 9.48. The summed E-state index contributed by atoms with van der Waals surface area (Å²) in [6.07, 6.45) is -3.14. The third-order valence-electron chi connectivity index (χ3n) is 4.13. The molecule has 3 rings (SSSR count). The number of alkyl halides is 3. The maximum Gasteiger partial charge on any atom is 0.420 e. The lowest BCUT2D eigenvalue weighted by Gasteiger charge is -2.16. The second kappa shape index (κ2) is 6.26. The Labute approximate surface area is 147 Å². The molecule has 1 aliphatic rings. The van der Waals surface area contributed by atoms with Gasteiger partial charge in [-0.05, 0) is 55.3 Å². The summed E-state index contributed by atoms with van der Waals surface area (Å²) in [5.74, 6) is -0.380. The zero-order valence-corrected chi connectivity index (χ0v) is 14.0. The molecule has 1 amide bonds. The Bertz CT molecular complexity index is 799. The number of hydrogen-bond donors (Lipinski definition) is 1. The lowest BCUT2D eigenvalue weighted by atomic mass is 10.1. The molecule has 0 aliphatic heterocycles. The molecule has 1 aliphatic carbocycles. The summed E-state index contributed by atoms with van der Waals surface area (Å²) in [6.45, 7) is 1.78. The highest BCUT2D eigenvalue weighted by molar-refractivity contribution is 6.30. The van der Waals surface area contributed by atoms with Crippen molar-refractivity contribution < 1.29 is 22.7 Å². The van der Waals surface area contributed by atoms with E-state index in [2.05, 4.69) is 5.32 Å². The van der Waals surface area contributed by atoms with Crippen LogP contribution in [0.5, 0.6) is 11.5 Å². The average molecular weight is 370 g/mol. The summed E-state index contributed by atoms with van der Waals surface area (Å²) in [5.41, 5.74) is -1.34.